The van der Waals surface area contributed by atoms with E-state index in [1.54, 1.807) is 29.4 Å². The van der Waals surface area contributed by atoms with E-state index in [-0.39, 0.29) is 11.3 Å². The largest absolute Gasteiger partial charge is 0.478 e. The molecule has 0 fully saturated rings. The number of carboxylic acid groups (broad SMARTS) is 1. The van der Waals surface area contributed by atoms with Crippen LogP contribution in [0, 0.1) is 0 Å². The molecule has 0 spiro atoms. The van der Waals surface area contributed by atoms with E-state index in [0.29, 0.717) is 5.69 Å². The smallest absolute Gasteiger partial charge is 0.337 e. The fourth-order valence-electron chi connectivity index (χ4n) is 1.72. The Morgan fingerprint density at radius 3 is 2.72 bits per heavy atom. The number of hydrogen-bond acceptors (Lipinski definition) is 4. The van der Waals surface area contributed by atoms with Crippen LogP contribution in [0.1, 0.15) is 10.4 Å². The molecule has 5 nitrogen and oxygen atoms in total. The first-order valence-corrected chi connectivity index (χ1v) is 5.37. The van der Waals surface area contributed by atoms with Gasteiger partial charge in [0.2, 0.25) is 0 Å². The van der Waals surface area contributed by atoms with E-state index >= 15 is 0 Å². The van der Waals surface area contributed by atoms with Crippen LogP contribution in [0.5, 0.6) is 0 Å². The first kappa shape index (κ1) is 11.9. The van der Waals surface area contributed by atoms with Crippen molar-refractivity contribution >= 4 is 23.0 Å². The van der Waals surface area contributed by atoms with Crippen LogP contribution in [0.2, 0.25) is 0 Å². The Labute approximate surface area is 104 Å². The second kappa shape index (κ2) is 4.75. The van der Waals surface area contributed by atoms with E-state index in [1.807, 2.05) is 19.2 Å². The highest BCUT2D eigenvalue weighted by atomic mass is 16.4. The lowest BCUT2D eigenvalue weighted by Crippen LogP contribution is -2.14. The third-order valence-electron chi connectivity index (χ3n) is 2.71. The predicted octanol–water partition coefficient (Wildman–Crippen LogP) is 2.13. The molecule has 18 heavy (non-hydrogen) atoms. The van der Waals surface area contributed by atoms with Crippen LogP contribution in [-0.2, 0) is 0 Å². The molecule has 1 aromatic heterocycles. The second-order valence-electron chi connectivity index (χ2n) is 3.81. The Kier molecular flexibility index (Phi) is 3.14. The molecule has 0 aliphatic heterocycles. The summed E-state index contributed by atoms with van der Waals surface area (Å²) in [6, 6.07) is 8.61. The summed E-state index contributed by atoms with van der Waals surface area (Å²) in [6.45, 7) is 0. The maximum absolute atomic E-state index is 11.0. The summed E-state index contributed by atoms with van der Waals surface area (Å²) in [7, 11) is 1.81. The van der Waals surface area contributed by atoms with Crippen molar-refractivity contribution in [2.45, 2.75) is 0 Å². The maximum atomic E-state index is 11.0. The van der Waals surface area contributed by atoms with E-state index < -0.39 is 5.97 Å². The van der Waals surface area contributed by atoms with E-state index in [2.05, 4.69) is 4.98 Å². The molecule has 0 aliphatic carbocycles. The zero-order valence-electron chi connectivity index (χ0n) is 9.87. The SMILES string of the molecule is CN(c1cccnc1)c1cccc(C(=O)O)c1N. The molecule has 5 heteroatoms. The van der Waals surface area contributed by atoms with Crippen molar-refractivity contribution in [3.63, 3.8) is 0 Å². The molecule has 0 unspecified atom stereocenters. The maximum Gasteiger partial charge on any atom is 0.337 e. The Morgan fingerprint density at radius 2 is 2.11 bits per heavy atom. The van der Waals surface area contributed by atoms with Gasteiger partial charge in [-0.15, -0.1) is 0 Å². The van der Waals surface area contributed by atoms with Crippen LogP contribution in [-0.4, -0.2) is 23.1 Å². The highest BCUT2D eigenvalue weighted by Crippen LogP contribution is 2.30. The third kappa shape index (κ3) is 2.10. The first-order valence-electron chi connectivity index (χ1n) is 5.37. The lowest BCUT2D eigenvalue weighted by Gasteiger charge is -2.21. The predicted molar refractivity (Wildman–Crippen MR) is 70.1 cm³/mol. The molecule has 0 aliphatic rings. The van der Waals surface area contributed by atoms with Crippen LogP contribution >= 0.6 is 0 Å². The second-order valence-corrected chi connectivity index (χ2v) is 3.81. The number of aromatic nitrogens is 1. The molecule has 92 valence electrons. The van der Waals surface area contributed by atoms with Crippen molar-refractivity contribution in [2.75, 3.05) is 17.7 Å². The first-order chi connectivity index (χ1) is 8.61. The van der Waals surface area contributed by atoms with Crippen LogP contribution in [0.25, 0.3) is 0 Å². The van der Waals surface area contributed by atoms with E-state index in [0.717, 1.165) is 5.69 Å². The number of para-hydroxylation sites is 1. The van der Waals surface area contributed by atoms with E-state index in [1.165, 1.54) is 6.07 Å². The summed E-state index contributed by atoms with van der Waals surface area (Å²) in [5.74, 6) is -1.03. The van der Waals surface area contributed by atoms with E-state index in [4.69, 9.17) is 10.8 Å². The van der Waals surface area contributed by atoms with Crippen molar-refractivity contribution in [3.8, 4) is 0 Å². The van der Waals surface area contributed by atoms with Gasteiger partial charge in [0, 0.05) is 13.2 Å². The van der Waals surface area contributed by atoms with Gasteiger partial charge in [0.25, 0.3) is 0 Å². The minimum Gasteiger partial charge on any atom is -0.478 e. The number of hydrogen-bond donors (Lipinski definition) is 2. The number of aromatic carboxylic acids is 1. The zero-order valence-corrected chi connectivity index (χ0v) is 9.87. The number of rotatable bonds is 3. The van der Waals surface area contributed by atoms with Crippen LogP contribution < -0.4 is 10.6 Å². The molecule has 3 N–H and O–H groups in total. The molecular formula is C13H13N3O2. The molecule has 0 radical (unpaired) electrons. The number of anilines is 3. The number of nitrogens with two attached hydrogens (primary N) is 1. The lowest BCUT2D eigenvalue weighted by atomic mass is 10.1. The Balaban J connectivity index is 2.46. The van der Waals surface area contributed by atoms with Crippen molar-refractivity contribution in [1.82, 2.24) is 4.98 Å². The molecule has 1 aromatic carbocycles. The molecule has 2 rings (SSSR count). The Bertz CT molecular complexity index is 570. The van der Waals surface area contributed by atoms with Gasteiger partial charge in [-0.05, 0) is 24.3 Å². The van der Waals surface area contributed by atoms with Crippen molar-refractivity contribution in [1.29, 1.82) is 0 Å². The van der Waals surface area contributed by atoms with Crippen molar-refractivity contribution in [3.05, 3.63) is 48.3 Å². The van der Waals surface area contributed by atoms with Gasteiger partial charge in [0.05, 0.1) is 28.8 Å². The molecular weight excluding hydrogens is 230 g/mol. The van der Waals surface area contributed by atoms with E-state index in [9.17, 15) is 4.79 Å². The molecule has 0 amide bonds. The normalized spacial score (nSPS) is 10.1. The lowest BCUT2D eigenvalue weighted by molar-refractivity contribution is 0.0698. The van der Waals surface area contributed by atoms with Gasteiger partial charge in [-0.25, -0.2) is 4.79 Å². The average molecular weight is 243 g/mol. The van der Waals surface area contributed by atoms with Gasteiger partial charge in [0.15, 0.2) is 0 Å². The number of nitrogens with zero attached hydrogens (tertiary/aromatic N) is 2. The summed E-state index contributed by atoms with van der Waals surface area (Å²) in [6.07, 6.45) is 3.36. The van der Waals surface area contributed by atoms with Gasteiger partial charge < -0.3 is 15.7 Å². The summed E-state index contributed by atoms with van der Waals surface area (Å²) < 4.78 is 0. The molecule has 0 atom stereocenters. The van der Waals surface area contributed by atoms with Gasteiger partial charge in [-0.2, -0.15) is 0 Å². The summed E-state index contributed by atoms with van der Waals surface area (Å²) in [5.41, 5.74) is 7.71. The fraction of sp³-hybridized carbons (Fsp3) is 0.0769. The number of pyridine rings is 1. The van der Waals surface area contributed by atoms with Gasteiger partial charge in [0.1, 0.15) is 0 Å². The Hall–Kier alpha value is -2.56. The summed E-state index contributed by atoms with van der Waals surface area (Å²) in [4.78, 5) is 16.8. The van der Waals surface area contributed by atoms with Gasteiger partial charge >= 0.3 is 5.97 Å². The number of carbonyl (C=O) groups is 1. The highest BCUT2D eigenvalue weighted by Gasteiger charge is 2.14. The molecule has 0 bridgehead atoms. The number of benzene rings is 1. The van der Waals surface area contributed by atoms with Gasteiger partial charge in [-0.1, -0.05) is 6.07 Å². The van der Waals surface area contributed by atoms with Crippen LogP contribution in [0.15, 0.2) is 42.7 Å². The van der Waals surface area contributed by atoms with Crippen LogP contribution in [0.4, 0.5) is 17.1 Å². The standard InChI is InChI=1S/C13H13N3O2/c1-16(9-4-3-7-15-8-9)11-6-2-5-10(12(11)14)13(17)18/h2-8H,14H2,1H3,(H,17,18). The molecule has 0 saturated carbocycles. The minimum atomic E-state index is -1.03. The third-order valence-corrected chi connectivity index (χ3v) is 2.71. The Morgan fingerprint density at radius 1 is 1.33 bits per heavy atom. The number of carboxylic acids is 1. The summed E-state index contributed by atoms with van der Waals surface area (Å²) in [5, 5.41) is 9.03. The van der Waals surface area contributed by atoms with Gasteiger partial charge in [-0.3, -0.25) is 4.98 Å². The van der Waals surface area contributed by atoms with Crippen molar-refractivity contribution < 1.29 is 9.90 Å². The quantitative estimate of drug-likeness (QED) is 0.807. The van der Waals surface area contributed by atoms with Crippen LogP contribution in [0.3, 0.4) is 0 Å². The minimum absolute atomic E-state index is 0.100. The zero-order chi connectivity index (χ0) is 13.1. The molecule has 2 aromatic rings. The average Bonchev–Trinajstić information content (AvgIpc) is 2.39. The topological polar surface area (TPSA) is 79.5 Å². The fourth-order valence-corrected chi connectivity index (χ4v) is 1.72. The highest BCUT2D eigenvalue weighted by molar-refractivity contribution is 5.97. The molecule has 0 saturated heterocycles. The number of nitrogen functional groups attached to an aromatic ring is 1. The molecule has 1 heterocycles. The van der Waals surface area contributed by atoms with Crippen molar-refractivity contribution in [2.24, 2.45) is 0 Å². The monoisotopic (exact) mass is 243 g/mol. The summed E-state index contributed by atoms with van der Waals surface area (Å²) >= 11 is 0.